The average molecular weight is 298 g/mol. The van der Waals surface area contributed by atoms with Crippen LogP contribution in [0, 0.1) is 0 Å². The second kappa shape index (κ2) is 6.70. The van der Waals surface area contributed by atoms with E-state index in [1.165, 1.54) is 4.88 Å². The summed E-state index contributed by atoms with van der Waals surface area (Å²) in [5.74, 6) is 0.840. The summed E-state index contributed by atoms with van der Waals surface area (Å²) in [5.41, 5.74) is 2.24. The summed E-state index contributed by atoms with van der Waals surface area (Å²) in [5, 5.41) is 4.32. The first kappa shape index (κ1) is 14.0. The lowest BCUT2D eigenvalue weighted by Crippen LogP contribution is -2.15. The molecule has 3 nitrogen and oxygen atoms in total. The molecule has 108 valence electrons. The highest BCUT2D eigenvalue weighted by Crippen LogP contribution is 2.34. The molecule has 2 aromatic heterocycles. The molecule has 0 saturated heterocycles. The molecule has 21 heavy (non-hydrogen) atoms. The largest absolute Gasteiger partial charge is 0.462 e. The lowest BCUT2D eigenvalue weighted by atomic mass is 10.1. The van der Waals surface area contributed by atoms with Gasteiger partial charge in [0.25, 0.3) is 0 Å². The maximum Gasteiger partial charge on any atom is 0.162 e. The van der Waals surface area contributed by atoms with Crippen molar-refractivity contribution in [1.82, 2.24) is 10.3 Å². The molecule has 0 aliphatic rings. The van der Waals surface area contributed by atoms with E-state index in [2.05, 4.69) is 36.5 Å². The zero-order valence-corrected chi connectivity index (χ0v) is 12.8. The van der Waals surface area contributed by atoms with Crippen LogP contribution in [0.4, 0.5) is 0 Å². The third-order valence-corrected chi connectivity index (χ3v) is 4.39. The highest BCUT2D eigenvalue weighted by Gasteiger charge is 2.15. The first-order valence-corrected chi connectivity index (χ1v) is 8.00. The van der Waals surface area contributed by atoms with Gasteiger partial charge < -0.3 is 9.73 Å². The molecule has 0 aliphatic carbocycles. The predicted molar refractivity (Wildman–Crippen MR) is 87.5 cm³/mol. The Kier molecular flexibility index (Phi) is 4.48. The summed E-state index contributed by atoms with van der Waals surface area (Å²) in [6, 6.07) is 14.2. The first-order valence-electron chi connectivity index (χ1n) is 7.18. The molecule has 3 rings (SSSR count). The number of aromatic nitrogens is 1. The Labute approximate surface area is 128 Å². The fourth-order valence-electron chi connectivity index (χ4n) is 2.23. The minimum Gasteiger partial charge on any atom is -0.462 e. The SMILES string of the molecule is CCNCCc1sc(-c2ccco2)nc1-c1ccccc1. The normalized spacial score (nSPS) is 10.9. The van der Waals surface area contributed by atoms with E-state index in [1.807, 2.05) is 18.2 Å². The fourth-order valence-corrected chi connectivity index (χ4v) is 3.28. The molecule has 1 N–H and O–H groups in total. The van der Waals surface area contributed by atoms with Crippen molar-refractivity contribution in [3.8, 4) is 22.0 Å². The Morgan fingerprint density at radius 1 is 1.14 bits per heavy atom. The number of nitrogens with one attached hydrogen (secondary N) is 1. The lowest BCUT2D eigenvalue weighted by Gasteiger charge is -2.03. The van der Waals surface area contributed by atoms with Crippen LogP contribution >= 0.6 is 11.3 Å². The van der Waals surface area contributed by atoms with Gasteiger partial charge in [-0.15, -0.1) is 11.3 Å². The highest BCUT2D eigenvalue weighted by molar-refractivity contribution is 7.15. The topological polar surface area (TPSA) is 38.1 Å². The molecular weight excluding hydrogens is 280 g/mol. The molecule has 0 radical (unpaired) electrons. The van der Waals surface area contributed by atoms with Crippen molar-refractivity contribution in [3.63, 3.8) is 0 Å². The molecule has 0 unspecified atom stereocenters. The number of furan rings is 1. The number of nitrogens with zero attached hydrogens (tertiary/aromatic N) is 1. The summed E-state index contributed by atoms with van der Waals surface area (Å²) >= 11 is 1.72. The molecule has 2 heterocycles. The summed E-state index contributed by atoms with van der Waals surface area (Å²) in [6.45, 7) is 4.08. The smallest absolute Gasteiger partial charge is 0.162 e. The van der Waals surface area contributed by atoms with E-state index in [0.29, 0.717) is 0 Å². The molecule has 0 spiro atoms. The van der Waals surface area contributed by atoms with Gasteiger partial charge in [0, 0.05) is 17.0 Å². The van der Waals surface area contributed by atoms with E-state index in [-0.39, 0.29) is 0 Å². The quantitative estimate of drug-likeness (QED) is 0.692. The van der Waals surface area contributed by atoms with E-state index >= 15 is 0 Å². The zero-order chi connectivity index (χ0) is 14.5. The van der Waals surface area contributed by atoms with Crippen LogP contribution < -0.4 is 5.32 Å². The number of thiazole rings is 1. The number of likely N-dealkylation sites (N-methyl/N-ethyl adjacent to an activating group) is 1. The number of benzene rings is 1. The van der Waals surface area contributed by atoms with E-state index in [4.69, 9.17) is 9.40 Å². The van der Waals surface area contributed by atoms with E-state index in [9.17, 15) is 0 Å². The molecule has 3 aromatic rings. The molecular formula is C17H18N2OS. The molecule has 0 amide bonds. The fraction of sp³-hybridized carbons (Fsp3) is 0.235. The van der Waals surface area contributed by atoms with Gasteiger partial charge in [-0.3, -0.25) is 0 Å². The second-order valence-electron chi connectivity index (χ2n) is 4.74. The summed E-state index contributed by atoms with van der Waals surface area (Å²) in [7, 11) is 0. The molecule has 0 fully saturated rings. The monoisotopic (exact) mass is 298 g/mol. The van der Waals surface area contributed by atoms with Gasteiger partial charge in [0.2, 0.25) is 0 Å². The van der Waals surface area contributed by atoms with Crippen LogP contribution in [-0.4, -0.2) is 18.1 Å². The maximum absolute atomic E-state index is 5.48. The summed E-state index contributed by atoms with van der Waals surface area (Å²) in [6.07, 6.45) is 2.67. The Morgan fingerprint density at radius 2 is 2.00 bits per heavy atom. The first-order chi connectivity index (χ1) is 10.4. The Hall–Kier alpha value is -1.91. The molecule has 0 bridgehead atoms. The van der Waals surface area contributed by atoms with Gasteiger partial charge in [0.15, 0.2) is 10.8 Å². The van der Waals surface area contributed by atoms with E-state index in [0.717, 1.165) is 41.5 Å². The number of hydrogen-bond acceptors (Lipinski definition) is 4. The van der Waals surface area contributed by atoms with Crippen LogP contribution in [0.15, 0.2) is 53.1 Å². The lowest BCUT2D eigenvalue weighted by molar-refractivity contribution is 0.582. The molecule has 1 aromatic carbocycles. The molecule has 4 heteroatoms. The van der Waals surface area contributed by atoms with Gasteiger partial charge in [-0.05, 0) is 25.1 Å². The van der Waals surface area contributed by atoms with Gasteiger partial charge >= 0.3 is 0 Å². The van der Waals surface area contributed by atoms with E-state index < -0.39 is 0 Å². The van der Waals surface area contributed by atoms with Crippen LogP contribution in [-0.2, 0) is 6.42 Å². The summed E-state index contributed by atoms with van der Waals surface area (Å²) in [4.78, 5) is 6.10. The van der Waals surface area contributed by atoms with Crippen LogP contribution in [0.3, 0.4) is 0 Å². The van der Waals surface area contributed by atoms with Crippen LogP contribution in [0.2, 0.25) is 0 Å². The van der Waals surface area contributed by atoms with E-state index in [1.54, 1.807) is 17.6 Å². The minimum atomic E-state index is 0.840. The summed E-state index contributed by atoms with van der Waals surface area (Å²) < 4.78 is 5.48. The van der Waals surface area contributed by atoms with Crippen molar-refractivity contribution in [1.29, 1.82) is 0 Å². The zero-order valence-electron chi connectivity index (χ0n) is 12.0. The highest BCUT2D eigenvalue weighted by atomic mass is 32.1. The van der Waals surface area contributed by atoms with Gasteiger partial charge in [-0.2, -0.15) is 0 Å². The van der Waals surface area contributed by atoms with Gasteiger partial charge in [-0.1, -0.05) is 37.3 Å². The van der Waals surface area contributed by atoms with Crippen molar-refractivity contribution in [2.75, 3.05) is 13.1 Å². The van der Waals surface area contributed by atoms with Gasteiger partial charge in [0.05, 0.1) is 12.0 Å². The molecule has 0 aliphatic heterocycles. The van der Waals surface area contributed by atoms with Crippen molar-refractivity contribution < 1.29 is 4.42 Å². The Bertz CT molecular complexity index is 674. The predicted octanol–water partition coefficient (Wildman–Crippen LogP) is 4.22. The van der Waals surface area contributed by atoms with Crippen molar-refractivity contribution in [2.24, 2.45) is 0 Å². The average Bonchev–Trinajstić information content (AvgIpc) is 3.18. The van der Waals surface area contributed by atoms with Crippen LogP contribution in [0.1, 0.15) is 11.8 Å². The van der Waals surface area contributed by atoms with Gasteiger partial charge in [0.1, 0.15) is 0 Å². The second-order valence-corrected chi connectivity index (χ2v) is 5.82. The van der Waals surface area contributed by atoms with Crippen molar-refractivity contribution in [2.45, 2.75) is 13.3 Å². The van der Waals surface area contributed by atoms with Crippen molar-refractivity contribution >= 4 is 11.3 Å². The maximum atomic E-state index is 5.48. The van der Waals surface area contributed by atoms with Gasteiger partial charge in [-0.25, -0.2) is 4.98 Å². The van der Waals surface area contributed by atoms with Crippen molar-refractivity contribution in [3.05, 3.63) is 53.6 Å². The molecule has 0 atom stereocenters. The van der Waals surface area contributed by atoms with Crippen LogP contribution in [0.5, 0.6) is 0 Å². The third kappa shape index (κ3) is 3.23. The Balaban J connectivity index is 1.96. The molecule has 0 saturated carbocycles. The standard InChI is InChI=1S/C17H18N2OS/c1-2-18-11-10-15-16(13-7-4-3-5-8-13)19-17(21-15)14-9-6-12-20-14/h3-9,12,18H,2,10-11H2,1H3. The number of hydrogen-bond donors (Lipinski definition) is 1. The number of rotatable bonds is 6. The Morgan fingerprint density at radius 3 is 2.71 bits per heavy atom. The van der Waals surface area contributed by atoms with Crippen LogP contribution in [0.25, 0.3) is 22.0 Å². The minimum absolute atomic E-state index is 0.840. The third-order valence-electron chi connectivity index (χ3n) is 3.26.